The molecule has 2 aromatic carbocycles. The van der Waals surface area contributed by atoms with E-state index in [2.05, 4.69) is 6.07 Å². The monoisotopic (exact) mass is 408 g/mol. The number of hydrogen-bond donors (Lipinski definition) is 2. The highest BCUT2D eigenvalue weighted by atomic mass is 16.5. The van der Waals surface area contributed by atoms with Gasteiger partial charge in [0.15, 0.2) is 0 Å². The molecule has 30 heavy (non-hydrogen) atoms. The minimum absolute atomic E-state index is 0.145. The molecular weight excluding hydrogens is 384 g/mol. The predicted octanol–water partition coefficient (Wildman–Crippen LogP) is 2.83. The van der Waals surface area contributed by atoms with Gasteiger partial charge in [0.2, 0.25) is 5.91 Å². The molecule has 2 heterocycles. The second-order valence-electron chi connectivity index (χ2n) is 7.77. The molecule has 0 bridgehead atoms. The summed E-state index contributed by atoms with van der Waals surface area (Å²) >= 11 is 0. The van der Waals surface area contributed by atoms with Gasteiger partial charge in [-0.05, 0) is 37.8 Å². The van der Waals surface area contributed by atoms with Gasteiger partial charge in [-0.15, -0.1) is 0 Å². The van der Waals surface area contributed by atoms with Gasteiger partial charge in [-0.3, -0.25) is 9.69 Å². The molecule has 0 spiro atoms. The van der Waals surface area contributed by atoms with Crippen molar-refractivity contribution in [1.82, 2.24) is 9.80 Å². The van der Waals surface area contributed by atoms with Gasteiger partial charge in [0.25, 0.3) is 0 Å². The minimum Gasteiger partial charge on any atom is -0.491 e. The Hall–Kier alpha value is -3.47. The number of nitriles is 1. The van der Waals surface area contributed by atoms with Crippen LogP contribution in [0.4, 0.5) is 10.5 Å². The number of nitrogens with zero attached hydrogens (tertiary/aromatic N) is 3. The van der Waals surface area contributed by atoms with Gasteiger partial charge in [-0.25, -0.2) is 4.79 Å². The van der Waals surface area contributed by atoms with Crippen molar-refractivity contribution < 1.29 is 19.4 Å². The number of hydrogen-bond acceptors (Lipinski definition) is 5. The fraction of sp³-hybridized carbons (Fsp3) is 0.409. The van der Waals surface area contributed by atoms with Crippen LogP contribution < -0.4 is 10.5 Å². The number of likely N-dealkylation sites (tertiary alicyclic amines) is 2. The van der Waals surface area contributed by atoms with Gasteiger partial charge in [0, 0.05) is 23.0 Å². The highest BCUT2D eigenvalue weighted by molar-refractivity contribution is 5.97. The lowest BCUT2D eigenvalue weighted by Gasteiger charge is -2.30. The summed E-state index contributed by atoms with van der Waals surface area (Å²) in [7, 11) is 0. The van der Waals surface area contributed by atoms with E-state index >= 15 is 0 Å². The van der Waals surface area contributed by atoms with Gasteiger partial charge in [0.05, 0.1) is 12.1 Å². The van der Waals surface area contributed by atoms with Crippen molar-refractivity contribution in [2.24, 2.45) is 0 Å². The van der Waals surface area contributed by atoms with Crippen LogP contribution in [-0.4, -0.2) is 58.2 Å². The average molecular weight is 408 g/mol. The molecule has 2 aliphatic heterocycles. The zero-order valence-corrected chi connectivity index (χ0v) is 16.5. The number of nitrogens with two attached hydrogens (primary N) is 1. The lowest BCUT2D eigenvalue weighted by molar-refractivity contribution is -0.135. The lowest BCUT2D eigenvalue weighted by Crippen LogP contribution is -2.51. The fourth-order valence-electron chi connectivity index (χ4n) is 4.54. The predicted molar refractivity (Wildman–Crippen MR) is 111 cm³/mol. The molecule has 2 aromatic rings. The minimum atomic E-state index is -1.14. The number of fused-ring (bicyclic) bond motifs is 1. The van der Waals surface area contributed by atoms with E-state index in [0.717, 1.165) is 17.2 Å². The molecule has 8 nitrogen and oxygen atoms in total. The summed E-state index contributed by atoms with van der Waals surface area (Å²) in [5, 5.41) is 20.8. The van der Waals surface area contributed by atoms with Crippen molar-refractivity contribution in [3.63, 3.8) is 0 Å². The fourth-order valence-corrected chi connectivity index (χ4v) is 4.54. The number of nitrogen functional groups attached to an aromatic ring is 1. The van der Waals surface area contributed by atoms with E-state index in [1.165, 1.54) is 9.80 Å². The Morgan fingerprint density at radius 1 is 1.17 bits per heavy atom. The van der Waals surface area contributed by atoms with E-state index in [1.54, 1.807) is 12.1 Å². The maximum absolute atomic E-state index is 13.0. The third-order valence-electron chi connectivity index (χ3n) is 6.04. The Balaban J connectivity index is 1.50. The van der Waals surface area contributed by atoms with Crippen LogP contribution in [-0.2, 0) is 4.79 Å². The molecule has 156 valence electrons. The zero-order valence-electron chi connectivity index (χ0n) is 16.5. The van der Waals surface area contributed by atoms with Crippen molar-refractivity contribution >= 4 is 28.5 Å². The van der Waals surface area contributed by atoms with Crippen molar-refractivity contribution in [1.29, 1.82) is 5.26 Å². The van der Waals surface area contributed by atoms with E-state index in [1.807, 2.05) is 24.3 Å². The first-order chi connectivity index (χ1) is 14.5. The molecule has 8 heteroatoms. The second-order valence-corrected chi connectivity index (χ2v) is 7.77. The summed E-state index contributed by atoms with van der Waals surface area (Å²) in [5.74, 6) is 0.353. The van der Waals surface area contributed by atoms with Crippen molar-refractivity contribution in [3.8, 4) is 11.8 Å². The number of benzene rings is 2. The summed E-state index contributed by atoms with van der Waals surface area (Å²) < 4.78 is 6.00. The Morgan fingerprint density at radius 2 is 1.93 bits per heavy atom. The van der Waals surface area contributed by atoms with Crippen molar-refractivity contribution in [2.75, 3.05) is 18.9 Å². The Morgan fingerprint density at radius 3 is 2.67 bits per heavy atom. The van der Waals surface area contributed by atoms with Crippen LogP contribution in [0.3, 0.4) is 0 Å². The van der Waals surface area contributed by atoms with Crippen LogP contribution in [0.1, 0.15) is 25.7 Å². The Labute approximate surface area is 174 Å². The molecule has 3 N–H and O–H groups in total. The first-order valence-corrected chi connectivity index (χ1v) is 10.1. The number of anilines is 1. The van der Waals surface area contributed by atoms with E-state index < -0.39 is 24.2 Å². The SMILES string of the molecule is N#CC1CCCN1C(=O)C1CCC(COc2ccc(N)c3ccccc23)N1C(=O)O. The average Bonchev–Trinajstić information content (AvgIpc) is 3.40. The summed E-state index contributed by atoms with van der Waals surface area (Å²) in [6.07, 6.45) is 1.21. The molecule has 4 rings (SSSR count). The van der Waals surface area contributed by atoms with Gasteiger partial charge < -0.3 is 20.5 Å². The van der Waals surface area contributed by atoms with E-state index in [-0.39, 0.29) is 12.5 Å². The molecule has 2 amide bonds. The maximum atomic E-state index is 13.0. The molecule has 0 aliphatic carbocycles. The van der Waals surface area contributed by atoms with Crippen LogP contribution in [0.5, 0.6) is 5.75 Å². The third-order valence-corrected chi connectivity index (χ3v) is 6.04. The van der Waals surface area contributed by atoms with E-state index in [9.17, 15) is 20.0 Å². The number of ether oxygens (including phenoxy) is 1. The number of carbonyl (C=O) groups is 2. The second kappa shape index (κ2) is 8.11. The standard InChI is InChI=1S/C22H24N4O4/c23-12-14-4-3-11-25(14)21(27)19-9-7-15(26(19)22(28)29)13-30-20-10-8-18(24)16-5-1-2-6-17(16)20/h1-2,5-6,8,10,14-15,19H,3-4,7,9,11,13,24H2,(H,28,29). The van der Waals surface area contributed by atoms with Gasteiger partial charge in [0.1, 0.15) is 24.4 Å². The highest BCUT2D eigenvalue weighted by Crippen LogP contribution is 2.32. The summed E-state index contributed by atoms with van der Waals surface area (Å²) in [5.41, 5.74) is 6.68. The number of carbonyl (C=O) groups excluding carboxylic acids is 1. The summed E-state index contributed by atoms with van der Waals surface area (Å²) in [6, 6.07) is 11.6. The smallest absolute Gasteiger partial charge is 0.408 e. The number of rotatable bonds is 4. The zero-order chi connectivity index (χ0) is 21.3. The molecule has 2 fully saturated rings. The lowest BCUT2D eigenvalue weighted by atomic mass is 10.1. The Kier molecular flexibility index (Phi) is 5.36. The van der Waals surface area contributed by atoms with Crippen LogP contribution in [0.25, 0.3) is 10.8 Å². The molecule has 0 aromatic heterocycles. The van der Waals surface area contributed by atoms with Crippen molar-refractivity contribution in [3.05, 3.63) is 36.4 Å². The van der Waals surface area contributed by atoms with E-state index in [0.29, 0.717) is 37.2 Å². The summed E-state index contributed by atoms with van der Waals surface area (Å²) in [4.78, 5) is 27.7. The van der Waals surface area contributed by atoms with Crippen molar-refractivity contribution in [2.45, 2.75) is 43.8 Å². The van der Waals surface area contributed by atoms with Crippen LogP contribution in [0.15, 0.2) is 36.4 Å². The quantitative estimate of drug-likeness (QED) is 0.751. The molecule has 0 saturated carbocycles. The largest absolute Gasteiger partial charge is 0.491 e. The first kappa shape index (κ1) is 19.8. The first-order valence-electron chi connectivity index (χ1n) is 10.1. The third kappa shape index (κ3) is 3.47. The van der Waals surface area contributed by atoms with Crippen LogP contribution in [0, 0.1) is 11.3 Å². The Bertz CT molecular complexity index is 1020. The molecule has 3 atom stereocenters. The summed E-state index contributed by atoms with van der Waals surface area (Å²) in [6.45, 7) is 0.644. The van der Waals surface area contributed by atoms with Crippen LogP contribution >= 0.6 is 0 Å². The topological polar surface area (TPSA) is 120 Å². The normalized spacial score (nSPS) is 23.5. The molecule has 0 radical (unpaired) electrons. The molecule has 2 aliphatic rings. The molecule has 3 unspecified atom stereocenters. The number of amides is 2. The van der Waals surface area contributed by atoms with E-state index in [4.69, 9.17) is 10.5 Å². The van der Waals surface area contributed by atoms with Gasteiger partial charge in [-0.1, -0.05) is 24.3 Å². The van der Waals surface area contributed by atoms with Crippen LogP contribution in [0.2, 0.25) is 0 Å². The molecular formula is C22H24N4O4. The molecule has 2 saturated heterocycles. The maximum Gasteiger partial charge on any atom is 0.408 e. The highest BCUT2D eigenvalue weighted by Gasteiger charge is 2.45. The van der Waals surface area contributed by atoms with Gasteiger partial charge in [-0.2, -0.15) is 5.26 Å². The van der Waals surface area contributed by atoms with Gasteiger partial charge >= 0.3 is 6.09 Å². The number of carboxylic acid groups (broad SMARTS) is 1.